The molecule has 0 fully saturated rings. The Morgan fingerprint density at radius 1 is 0.905 bits per heavy atom. The van der Waals surface area contributed by atoms with Crippen molar-refractivity contribution in [1.29, 1.82) is 0 Å². The van der Waals surface area contributed by atoms with E-state index in [2.05, 4.69) is 29.9 Å². The molecule has 2 aromatic heterocycles. The molecule has 0 bridgehead atoms. The number of nitrogens with one attached hydrogen (secondary N) is 2. The number of aromatic nitrogens is 2. The number of carbonyl (C=O) groups is 1. The van der Waals surface area contributed by atoms with E-state index in [1.165, 1.54) is 0 Å². The number of carbonyl (C=O) groups excluding carboxylic acids is 1. The Hall–Kier alpha value is -2.55. The standard InChI is InChI=1S/C18H18N2O/c1-18(2,15-9-6-12-19-15)16-11-10-14(20-16)17(21)13-7-4-3-5-8-13/h3-12,19-20H,1-2H3. The average molecular weight is 278 g/mol. The fraction of sp³-hybridized carbons (Fsp3) is 0.167. The van der Waals surface area contributed by atoms with Crippen LogP contribution in [0.1, 0.15) is 41.3 Å². The molecule has 3 heteroatoms. The van der Waals surface area contributed by atoms with Gasteiger partial charge in [-0.3, -0.25) is 4.79 Å². The van der Waals surface area contributed by atoms with Crippen molar-refractivity contribution in [3.8, 4) is 0 Å². The molecule has 2 N–H and O–H groups in total. The highest BCUT2D eigenvalue weighted by molar-refractivity contribution is 6.07. The lowest BCUT2D eigenvalue weighted by atomic mass is 9.86. The molecule has 21 heavy (non-hydrogen) atoms. The van der Waals surface area contributed by atoms with Gasteiger partial charge >= 0.3 is 0 Å². The minimum atomic E-state index is -0.196. The zero-order chi connectivity index (χ0) is 14.9. The van der Waals surface area contributed by atoms with E-state index in [1.54, 1.807) is 0 Å². The normalized spacial score (nSPS) is 11.5. The van der Waals surface area contributed by atoms with Crippen LogP contribution in [-0.4, -0.2) is 15.8 Å². The van der Waals surface area contributed by atoms with E-state index in [0.717, 1.165) is 11.4 Å². The van der Waals surface area contributed by atoms with E-state index in [-0.39, 0.29) is 11.2 Å². The summed E-state index contributed by atoms with van der Waals surface area (Å²) in [5.41, 5.74) is 3.25. The molecule has 0 atom stereocenters. The largest absolute Gasteiger partial charge is 0.364 e. The van der Waals surface area contributed by atoms with E-state index in [9.17, 15) is 4.79 Å². The smallest absolute Gasteiger partial charge is 0.209 e. The number of hydrogen-bond donors (Lipinski definition) is 2. The van der Waals surface area contributed by atoms with E-state index < -0.39 is 0 Å². The molecule has 0 saturated heterocycles. The third kappa shape index (κ3) is 2.42. The number of rotatable bonds is 4. The van der Waals surface area contributed by atoms with Gasteiger partial charge in [0.1, 0.15) is 0 Å². The highest BCUT2D eigenvalue weighted by Crippen LogP contribution is 2.29. The second-order valence-corrected chi connectivity index (χ2v) is 5.69. The molecule has 3 nitrogen and oxygen atoms in total. The van der Waals surface area contributed by atoms with Crippen LogP contribution in [0.25, 0.3) is 0 Å². The van der Waals surface area contributed by atoms with Gasteiger partial charge in [-0.05, 0) is 38.1 Å². The Morgan fingerprint density at radius 2 is 1.67 bits per heavy atom. The van der Waals surface area contributed by atoms with E-state index in [0.29, 0.717) is 11.3 Å². The van der Waals surface area contributed by atoms with Crippen LogP contribution in [0.15, 0.2) is 60.8 Å². The lowest BCUT2D eigenvalue weighted by Crippen LogP contribution is -2.20. The molecule has 0 amide bonds. The minimum absolute atomic E-state index is 0.0177. The second-order valence-electron chi connectivity index (χ2n) is 5.69. The molecule has 3 aromatic rings. The fourth-order valence-electron chi connectivity index (χ4n) is 2.50. The van der Waals surface area contributed by atoms with Crippen molar-refractivity contribution in [2.24, 2.45) is 0 Å². The average Bonchev–Trinajstić information content (AvgIpc) is 3.19. The van der Waals surface area contributed by atoms with Crippen LogP contribution in [0.3, 0.4) is 0 Å². The van der Waals surface area contributed by atoms with Gasteiger partial charge in [0.15, 0.2) is 0 Å². The molecule has 2 heterocycles. The summed E-state index contributed by atoms with van der Waals surface area (Å²) < 4.78 is 0. The van der Waals surface area contributed by atoms with Gasteiger partial charge in [-0.2, -0.15) is 0 Å². The fourth-order valence-corrected chi connectivity index (χ4v) is 2.50. The van der Waals surface area contributed by atoms with Crippen LogP contribution in [0.5, 0.6) is 0 Å². The monoisotopic (exact) mass is 278 g/mol. The van der Waals surface area contributed by atoms with Gasteiger partial charge in [-0.1, -0.05) is 30.3 Å². The van der Waals surface area contributed by atoms with Crippen LogP contribution in [0, 0.1) is 0 Å². The molecule has 106 valence electrons. The molecular weight excluding hydrogens is 260 g/mol. The molecule has 0 unspecified atom stereocenters. The molecule has 0 aliphatic rings. The van der Waals surface area contributed by atoms with Gasteiger partial charge in [0.25, 0.3) is 0 Å². The molecular formula is C18H18N2O. The quantitative estimate of drug-likeness (QED) is 0.699. The Balaban J connectivity index is 1.92. The Labute approximate surface area is 124 Å². The first kappa shape index (κ1) is 13.4. The zero-order valence-corrected chi connectivity index (χ0v) is 12.2. The number of benzene rings is 1. The summed E-state index contributed by atoms with van der Waals surface area (Å²) in [6.45, 7) is 4.25. The number of hydrogen-bond acceptors (Lipinski definition) is 1. The van der Waals surface area contributed by atoms with E-state index >= 15 is 0 Å². The maximum Gasteiger partial charge on any atom is 0.209 e. The van der Waals surface area contributed by atoms with Gasteiger partial charge in [-0.15, -0.1) is 0 Å². The minimum Gasteiger partial charge on any atom is -0.364 e. The summed E-state index contributed by atoms with van der Waals surface area (Å²) in [6, 6.07) is 17.2. The zero-order valence-electron chi connectivity index (χ0n) is 12.2. The highest BCUT2D eigenvalue weighted by Gasteiger charge is 2.26. The first-order valence-electron chi connectivity index (χ1n) is 7.02. The topological polar surface area (TPSA) is 48.6 Å². The Morgan fingerprint density at radius 3 is 2.33 bits per heavy atom. The first-order chi connectivity index (χ1) is 10.1. The molecule has 0 aliphatic heterocycles. The summed E-state index contributed by atoms with van der Waals surface area (Å²) in [6.07, 6.45) is 1.91. The van der Waals surface area contributed by atoms with Crippen LogP contribution in [0.2, 0.25) is 0 Å². The maximum atomic E-state index is 12.4. The van der Waals surface area contributed by atoms with Crippen LogP contribution >= 0.6 is 0 Å². The number of aromatic amines is 2. The van der Waals surface area contributed by atoms with Crippen molar-refractivity contribution < 1.29 is 4.79 Å². The van der Waals surface area contributed by atoms with Crippen LogP contribution in [-0.2, 0) is 5.41 Å². The molecule has 1 aromatic carbocycles. The summed E-state index contributed by atoms with van der Waals surface area (Å²) in [4.78, 5) is 18.9. The summed E-state index contributed by atoms with van der Waals surface area (Å²) in [5, 5.41) is 0. The number of ketones is 1. The Kier molecular flexibility index (Phi) is 3.26. The molecule has 0 saturated carbocycles. The van der Waals surface area contributed by atoms with E-state index in [1.807, 2.05) is 54.7 Å². The van der Waals surface area contributed by atoms with Crippen LogP contribution < -0.4 is 0 Å². The van der Waals surface area contributed by atoms with Gasteiger partial charge in [0.05, 0.1) is 5.69 Å². The maximum absolute atomic E-state index is 12.4. The van der Waals surface area contributed by atoms with Crippen molar-refractivity contribution in [3.05, 3.63) is 83.4 Å². The molecule has 0 spiro atoms. The SMILES string of the molecule is CC(C)(c1ccc[nH]1)c1ccc(C(=O)c2ccccc2)[nH]1. The van der Waals surface area contributed by atoms with Crippen molar-refractivity contribution in [3.63, 3.8) is 0 Å². The van der Waals surface area contributed by atoms with Crippen molar-refractivity contribution in [2.75, 3.05) is 0 Å². The van der Waals surface area contributed by atoms with Crippen LogP contribution in [0.4, 0.5) is 0 Å². The van der Waals surface area contributed by atoms with Crippen molar-refractivity contribution in [1.82, 2.24) is 9.97 Å². The summed E-state index contributed by atoms with van der Waals surface area (Å²) in [7, 11) is 0. The van der Waals surface area contributed by atoms with E-state index in [4.69, 9.17) is 0 Å². The first-order valence-corrected chi connectivity index (χ1v) is 7.02. The lowest BCUT2D eigenvalue weighted by Gasteiger charge is -2.22. The lowest BCUT2D eigenvalue weighted by molar-refractivity contribution is 0.103. The predicted octanol–water partition coefficient (Wildman–Crippen LogP) is 3.90. The number of H-pyrrole nitrogens is 2. The molecule has 0 aliphatic carbocycles. The van der Waals surface area contributed by atoms with Gasteiger partial charge in [0.2, 0.25) is 5.78 Å². The van der Waals surface area contributed by atoms with Gasteiger partial charge < -0.3 is 9.97 Å². The Bertz CT molecular complexity index is 737. The van der Waals surface area contributed by atoms with Crippen molar-refractivity contribution >= 4 is 5.78 Å². The van der Waals surface area contributed by atoms with Gasteiger partial charge in [0, 0.05) is 28.6 Å². The predicted molar refractivity (Wildman–Crippen MR) is 83.6 cm³/mol. The molecule has 3 rings (SSSR count). The molecule has 0 radical (unpaired) electrons. The summed E-state index contributed by atoms with van der Waals surface area (Å²) >= 11 is 0. The summed E-state index contributed by atoms with van der Waals surface area (Å²) in [5.74, 6) is 0.0177. The third-order valence-electron chi connectivity index (χ3n) is 3.91. The second kappa shape index (κ2) is 5.09. The van der Waals surface area contributed by atoms with Crippen molar-refractivity contribution in [2.45, 2.75) is 19.3 Å². The third-order valence-corrected chi connectivity index (χ3v) is 3.91. The van der Waals surface area contributed by atoms with Gasteiger partial charge in [-0.25, -0.2) is 0 Å². The highest BCUT2D eigenvalue weighted by atomic mass is 16.1.